The van der Waals surface area contributed by atoms with Crippen LogP contribution >= 0.6 is 0 Å². The number of anilines is 2. The first kappa shape index (κ1) is 15.0. The number of benzene rings is 1. The predicted octanol–water partition coefficient (Wildman–Crippen LogP) is 3.06. The summed E-state index contributed by atoms with van der Waals surface area (Å²) in [6.07, 6.45) is 1.61. The third-order valence-electron chi connectivity index (χ3n) is 3.63. The molecule has 1 aliphatic rings. The van der Waals surface area contributed by atoms with Gasteiger partial charge in [-0.05, 0) is 30.3 Å². The lowest BCUT2D eigenvalue weighted by molar-refractivity contribution is -0.118. The van der Waals surface area contributed by atoms with Crippen LogP contribution in [-0.4, -0.2) is 23.8 Å². The van der Waals surface area contributed by atoms with E-state index >= 15 is 0 Å². The van der Waals surface area contributed by atoms with Crippen LogP contribution in [0.1, 0.15) is 24.2 Å². The highest BCUT2D eigenvalue weighted by Crippen LogP contribution is 2.37. The quantitative estimate of drug-likeness (QED) is 0.925. The van der Waals surface area contributed by atoms with E-state index in [9.17, 15) is 9.59 Å². The predicted molar refractivity (Wildman–Crippen MR) is 87.0 cm³/mol. The van der Waals surface area contributed by atoms with Gasteiger partial charge in [0.15, 0.2) is 0 Å². The van der Waals surface area contributed by atoms with Gasteiger partial charge >= 0.3 is 0 Å². The van der Waals surface area contributed by atoms with Crippen molar-refractivity contribution in [2.75, 3.05) is 17.3 Å². The molecular formula is C17H17N3O3. The van der Waals surface area contributed by atoms with Gasteiger partial charge in [-0.3, -0.25) is 9.59 Å². The van der Waals surface area contributed by atoms with Crippen molar-refractivity contribution >= 4 is 23.2 Å². The number of hydrogen-bond acceptors (Lipinski definition) is 4. The van der Waals surface area contributed by atoms with E-state index in [1.807, 2.05) is 13.8 Å². The minimum absolute atomic E-state index is 0.106. The van der Waals surface area contributed by atoms with E-state index < -0.39 is 0 Å². The molecule has 1 aromatic heterocycles. The van der Waals surface area contributed by atoms with Gasteiger partial charge in [0.25, 0.3) is 5.91 Å². The first-order chi connectivity index (χ1) is 11.0. The van der Waals surface area contributed by atoms with Crippen LogP contribution in [0, 0.1) is 5.92 Å². The highest BCUT2D eigenvalue weighted by atomic mass is 16.5. The Bertz CT molecular complexity index is 786. The van der Waals surface area contributed by atoms with E-state index in [-0.39, 0.29) is 17.7 Å². The Kier molecular flexibility index (Phi) is 3.73. The topological polar surface area (TPSA) is 71.5 Å². The van der Waals surface area contributed by atoms with Gasteiger partial charge in [-0.2, -0.15) is 0 Å². The molecule has 6 heteroatoms. The highest BCUT2D eigenvalue weighted by molar-refractivity contribution is 6.10. The van der Waals surface area contributed by atoms with E-state index in [0.29, 0.717) is 28.6 Å². The smallest absolute Gasteiger partial charge is 0.262 e. The van der Waals surface area contributed by atoms with E-state index in [1.54, 1.807) is 43.6 Å². The van der Waals surface area contributed by atoms with Crippen LogP contribution < -0.4 is 15.0 Å². The second-order valence-electron chi connectivity index (χ2n) is 5.65. The van der Waals surface area contributed by atoms with E-state index in [4.69, 9.17) is 4.74 Å². The maximum absolute atomic E-state index is 12.7. The lowest BCUT2D eigenvalue weighted by Crippen LogP contribution is -2.25. The van der Waals surface area contributed by atoms with Crippen molar-refractivity contribution < 1.29 is 14.3 Å². The first-order valence-electron chi connectivity index (χ1n) is 7.33. The van der Waals surface area contributed by atoms with Crippen molar-refractivity contribution in [3.63, 3.8) is 0 Å². The Morgan fingerprint density at radius 2 is 2.09 bits per heavy atom. The highest BCUT2D eigenvalue weighted by Gasteiger charge is 2.26. The molecule has 3 rings (SSSR count). The zero-order valence-electron chi connectivity index (χ0n) is 13.2. The monoisotopic (exact) mass is 311 g/mol. The Morgan fingerprint density at radius 3 is 2.83 bits per heavy atom. The van der Waals surface area contributed by atoms with E-state index in [0.717, 1.165) is 0 Å². The number of pyridine rings is 1. The van der Waals surface area contributed by atoms with E-state index in [2.05, 4.69) is 10.3 Å². The lowest BCUT2D eigenvalue weighted by atomic mass is 10.1. The zero-order valence-corrected chi connectivity index (χ0v) is 13.2. The number of fused-ring (bicyclic) bond motifs is 2. The summed E-state index contributed by atoms with van der Waals surface area (Å²) in [4.78, 5) is 30.2. The fraction of sp³-hybridized carbons (Fsp3) is 0.235. The molecule has 1 aliphatic heterocycles. The number of amides is 2. The Morgan fingerprint density at radius 1 is 1.30 bits per heavy atom. The molecule has 0 atom stereocenters. The number of carbonyl (C=O) groups is 2. The van der Waals surface area contributed by atoms with Gasteiger partial charge in [0, 0.05) is 24.8 Å². The third kappa shape index (κ3) is 2.75. The minimum atomic E-state index is -0.215. The zero-order chi connectivity index (χ0) is 16.6. The second kappa shape index (κ2) is 5.72. The van der Waals surface area contributed by atoms with Gasteiger partial charge in [-0.1, -0.05) is 13.8 Å². The van der Waals surface area contributed by atoms with Gasteiger partial charge < -0.3 is 15.0 Å². The maximum atomic E-state index is 12.7. The number of ether oxygens (including phenoxy) is 1. The molecule has 0 unspecified atom stereocenters. The average molecular weight is 311 g/mol. The minimum Gasteiger partial charge on any atom is -0.436 e. The summed E-state index contributed by atoms with van der Waals surface area (Å²) < 4.78 is 5.76. The molecule has 0 radical (unpaired) electrons. The Balaban J connectivity index is 2.01. The molecule has 0 aliphatic carbocycles. The molecule has 0 spiro atoms. The van der Waals surface area contributed by atoms with Crippen LogP contribution in [0.3, 0.4) is 0 Å². The Hall–Kier alpha value is -2.89. The normalized spacial score (nSPS) is 13.0. The van der Waals surface area contributed by atoms with Crippen LogP contribution in [-0.2, 0) is 4.79 Å². The molecule has 1 aromatic carbocycles. The number of rotatable bonds is 2. The van der Waals surface area contributed by atoms with E-state index in [1.165, 1.54) is 4.90 Å². The molecule has 2 amide bonds. The second-order valence-corrected chi connectivity index (χ2v) is 5.65. The largest absolute Gasteiger partial charge is 0.436 e. The molecule has 2 aromatic rings. The number of carbonyl (C=O) groups excluding carboxylic acids is 2. The summed E-state index contributed by atoms with van der Waals surface area (Å²) >= 11 is 0. The molecule has 6 nitrogen and oxygen atoms in total. The molecule has 0 fully saturated rings. The third-order valence-corrected chi connectivity index (χ3v) is 3.63. The Labute approximate surface area is 134 Å². The van der Waals surface area contributed by atoms with Crippen molar-refractivity contribution in [2.45, 2.75) is 13.8 Å². The number of nitrogens with zero attached hydrogens (tertiary/aromatic N) is 2. The first-order valence-corrected chi connectivity index (χ1v) is 7.33. The van der Waals surface area contributed by atoms with Crippen molar-refractivity contribution in [3.05, 3.63) is 42.1 Å². The SMILES string of the molecule is CC(C)C(=O)Nc1ccc2c(c1)C(=O)N(C)c1cccnc1O2. The van der Waals surface area contributed by atoms with Gasteiger partial charge in [0.05, 0.1) is 5.56 Å². The van der Waals surface area contributed by atoms with Crippen LogP contribution in [0.15, 0.2) is 36.5 Å². The average Bonchev–Trinajstić information content (AvgIpc) is 2.64. The summed E-state index contributed by atoms with van der Waals surface area (Å²) in [5.74, 6) is 0.331. The summed E-state index contributed by atoms with van der Waals surface area (Å²) in [5.41, 5.74) is 1.54. The van der Waals surface area contributed by atoms with Crippen LogP contribution in [0.25, 0.3) is 0 Å². The number of aromatic nitrogens is 1. The van der Waals surface area contributed by atoms with Crippen molar-refractivity contribution in [3.8, 4) is 11.6 Å². The fourth-order valence-corrected chi connectivity index (χ4v) is 2.26. The standard InChI is InChI=1S/C17H17N3O3/c1-10(2)15(21)19-11-6-7-14-12(9-11)17(22)20(3)13-5-4-8-18-16(13)23-14/h4-10H,1-3H3,(H,19,21). The fourth-order valence-electron chi connectivity index (χ4n) is 2.26. The van der Waals surface area contributed by atoms with Crippen LogP contribution in [0.5, 0.6) is 11.6 Å². The molecular weight excluding hydrogens is 294 g/mol. The molecule has 2 heterocycles. The molecule has 1 N–H and O–H groups in total. The summed E-state index contributed by atoms with van der Waals surface area (Å²) in [5, 5.41) is 2.79. The molecule has 0 bridgehead atoms. The van der Waals surface area contributed by atoms with Crippen molar-refractivity contribution in [2.24, 2.45) is 5.92 Å². The molecule has 0 saturated heterocycles. The maximum Gasteiger partial charge on any atom is 0.262 e. The lowest BCUT2D eigenvalue weighted by Gasteiger charge is -2.15. The van der Waals surface area contributed by atoms with Crippen molar-refractivity contribution in [1.82, 2.24) is 4.98 Å². The number of nitrogens with one attached hydrogen (secondary N) is 1. The van der Waals surface area contributed by atoms with Crippen molar-refractivity contribution in [1.29, 1.82) is 0 Å². The van der Waals surface area contributed by atoms with Gasteiger partial charge in [0.1, 0.15) is 11.4 Å². The summed E-state index contributed by atoms with van der Waals surface area (Å²) in [6.45, 7) is 3.62. The molecule has 118 valence electrons. The van der Waals surface area contributed by atoms with Crippen LogP contribution in [0.2, 0.25) is 0 Å². The number of hydrogen-bond donors (Lipinski definition) is 1. The molecule has 23 heavy (non-hydrogen) atoms. The molecule has 0 saturated carbocycles. The summed E-state index contributed by atoms with van der Waals surface area (Å²) in [6, 6.07) is 8.52. The summed E-state index contributed by atoms with van der Waals surface area (Å²) in [7, 11) is 1.67. The van der Waals surface area contributed by atoms with Crippen LogP contribution in [0.4, 0.5) is 11.4 Å². The van der Waals surface area contributed by atoms with Gasteiger partial charge in [-0.25, -0.2) is 4.98 Å². The van der Waals surface area contributed by atoms with Gasteiger partial charge in [-0.15, -0.1) is 0 Å². The van der Waals surface area contributed by atoms with Gasteiger partial charge in [0.2, 0.25) is 11.8 Å².